The van der Waals surface area contributed by atoms with Crippen LogP contribution in [-0.2, 0) is 11.3 Å². The van der Waals surface area contributed by atoms with Gasteiger partial charge in [0, 0.05) is 34.4 Å². The number of aromatic amines is 1. The van der Waals surface area contributed by atoms with Crippen LogP contribution in [0.5, 0.6) is 0 Å². The number of hydrogen-bond donors (Lipinski definition) is 2. The zero-order chi connectivity index (χ0) is 19.8. The molecule has 1 aliphatic rings. The fourth-order valence-electron chi connectivity index (χ4n) is 4.12. The molecule has 6 heteroatoms. The van der Waals surface area contributed by atoms with Gasteiger partial charge in [-0.2, -0.15) is 0 Å². The van der Waals surface area contributed by atoms with E-state index < -0.39 is 0 Å². The standard InChI is InChI=1S/C22H33N5O/c1-23-21(25-17-22(13-14-28-3)11-7-8-12-22)27(2)16-20-24-15-19(26-20)18-9-5-4-6-10-18/h4-6,9-10,15H,7-8,11-14,16-17H2,1-3H3,(H,23,25)(H,24,26). The molecule has 2 aromatic rings. The van der Waals surface area contributed by atoms with E-state index in [0.29, 0.717) is 12.0 Å². The first-order chi connectivity index (χ1) is 13.7. The van der Waals surface area contributed by atoms with Crippen molar-refractivity contribution in [3.63, 3.8) is 0 Å². The summed E-state index contributed by atoms with van der Waals surface area (Å²) in [6.07, 6.45) is 8.16. The lowest BCUT2D eigenvalue weighted by Gasteiger charge is -2.31. The molecular weight excluding hydrogens is 350 g/mol. The average molecular weight is 384 g/mol. The van der Waals surface area contributed by atoms with Crippen molar-refractivity contribution in [2.75, 3.05) is 34.4 Å². The van der Waals surface area contributed by atoms with Crippen LogP contribution in [0.4, 0.5) is 0 Å². The van der Waals surface area contributed by atoms with E-state index in [4.69, 9.17) is 4.74 Å². The zero-order valence-corrected chi connectivity index (χ0v) is 17.4. The van der Waals surface area contributed by atoms with Crippen molar-refractivity contribution in [2.24, 2.45) is 10.4 Å². The van der Waals surface area contributed by atoms with Crippen LogP contribution >= 0.6 is 0 Å². The van der Waals surface area contributed by atoms with Gasteiger partial charge in [-0.05, 0) is 30.2 Å². The van der Waals surface area contributed by atoms with E-state index in [1.54, 1.807) is 7.11 Å². The second kappa shape index (κ2) is 9.73. The first kappa shape index (κ1) is 20.4. The van der Waals surface area contributed by atoms with Gasteiger partial charge in [0.1, 0.15) is 5.82 Å². The quantitative estimate of drug-likeness (QED) is 0.539. The summed E-state index contributed by atoms with van der Waals surface area (Å²) >= 11 is 0. The van der Waals surface area contributed by atoms with E-state index in [0.717, 1.165) is 42.6 Å². The molecule has 0 amide bonds. The minimum atomic E-state index is 0.331. The fourth-order valence-corrected chi connectivity index (χ4v) is 4.12. The van der Waals surface area contributed by atoms with Crippen LogP contribution in [0.2, 0.25) is 0 Å². The third kappa shape index (κ3) is 5.13. The van der Waals surface area contributed by atoms with Crippen LogP contribution in [0, 0.1) is 5.41 Å². The molecule has 0 aliphatic heterocycles. The second-order valence-corrected chi connectivity index (χ2v) is 7.82. The topological polar surface area (TPSA) is 65.5 Å². The highest BCUT2D eigenvalue weighted by molar-refractivity contribution is 5.79. The van der Waals surface area contributed by atoms with Gasteiger partial charge in [-0.1, -0.05) is 43.2 Å². The van der Waals surface area contributed by atoms with E-state index >= 15 is 0 Å². The molecule has 0 radical (unpaired) electrons. The Bertz CT molecular complexity index is 749. The molecule has 3 rings (SSSR count). The highest BCUT2D eigenvalue weighted by Crippen LogP contribution is 2.40. The minimum Gasteiger partial charge on any atom is -0.385 e. The van der Waals surface area contributed by atoms with Gasteiger partial charge in [0.05, 0.1) is 18.4 Å². The molecule has 152 valence electrons. The lowest BCUT2D eigenvalue weighted by atomic mass is 9.83. The maximum Gasteiger partial charge on any atom is 0.193 e. The van der Waals surface area contributed by atoms with Crippen LogP contribution in [-0.4, -0.2) is 55.2 Å². The minimum absolute atomic E-state index is 0.331. The second-order valence-electron chi connectivity index (χ2n) is 7.82. The maximum absolute atomic E-state index is 5.35. The summed E-state index contributed by atoms with van der Waals surface area (Å²) in [4.78, 5) is 14.6. The van der Waals surface area contributed by atoms with Gasteiger partial charge in [-0.25, -0.2) is 4.98 Å². The number of nitrogens with zero attached hydrogens (tertiary/aromatic N) is 3. The number of ether oxygens (including phenoxy) is 1. The molecule has 1 saturated carbocycles. The third-order valence-corrected chi connectivity index (χ3v) is 5.80. The molecule has 1 heterocycles. The molecule has 0 unspecified atom stereocenters. The van der Waals surface area contributed by atoms with E-state index in [1.807, 2.05) is 31.4 Å². The number of H-pyrrole nitrogens is 1. The number of guanidine groups is 1. The lowest BCUT2D eigenvalue weighted by Crippen LogP contribution is -2.44. The Morgan fingerprint density at radius 3 is 2.71 bits per heavy atom. The summed E-state index contributed by atoms with van der Waals surface area (Å²) < 4.78 is 5.35. The largest absolute Gasteiger partial charge is 0.385 e. The maximum atomic E-state index is 5.35. The molecule has 1 fully saturated rings. The van der Waals surface area contributed by atoms with Gasteiger partial charge in [0.15, 0.2) is 5.96 Å². The number of imidazole rings is 1. The van der Waals surface area contributed by atoms with Crippen LogP contribution in [0.15, 0.2) is 41.5 Å². The van der Waals surface area contributed by atoms with Gasteiger partial charge < -0.3 is 19.9 Å². The Kier molecular flexibility index (Phi) is 7.09. The molecule has 0 saturated heterocycles. The molecular formula is C22H33N5O. The molecule has 0 spiro atoms. The lowest BCUT2D eigenvalue weighted by molar-refractivity contribution is 0.138. The first-order valence-corrected chi connectivity index (χ1v) is 10.2. The molecule has 0 atom stereocenters. The predicted octanol–water partition coefficient (Wildman–Crippen LogP) is 3.68. The number of hydrogen-bond acceptors (Lipinski definition) is 3. The fraction of sp³-hybridized carbons (Fsp3) is 0.545. The van der Waals surface area contributed by atoms with E-state index in [2.05, 4.69) is 44.4 Å². The number of methoxy groups -OCH3 is 1. The third-order valence-electron chi connectivity index (χ3n) is 5.80. The van der Waals surface area contributed by atoms with Crippen LogP contribution in [0.25, 0.3) is 11.3 Å². The summed E-state index contributed by atoms with van der Waals surface area (Å²) in [5, 5.41) is 3.60. The van der Waals surface area contributed by atoms with Gasteiger partial charge in [-0.15, -0.1) is 0 Å². The highest BCUT2D eigenvalue weighted by Gasteiger charge is 2.33. The smallest absolute Gasteiger partial charge is 0.193 e. The highest BCUT2D eigenvalue weighted by atomic mass is 16.5. The summed E-state index contributed by atoms with van der Waals surface area (Å²) in [5.41, 5.74) is 2.52. The predicted molar refractivity (Wildman–Crippen MR) is 114 cm³/mol. The van der Waals surface area contributed by atoms with Crippen molar-refractivity contribution >= 4 is 5.96 Å². The number of rotatable bonds is 8. The molecule has 1 aromatic carbocycles. The van der Waals surface area contributed by atoms with Crippen molar-refractivity contribution in [2.45, 2.75) is 38.6 Å². The first-order valence-electron chi connectivity index (χ1n) is 10.2. The van der Waals surface area contributed by atoms with E-state index in [9.17, 15) is 0 Å². The Balaban J connectivity index is 1.58. The number of aromatic nitrogens is 2. The summed E-state index contributed by atoms with van der Waals surface area (Å²) in [6.45, 7) is 2.45. The zero-order valence-electron chi connectivity index (χ0n) is 17.4. The molecule has 2 N–H and O–H groups in total. The summed E-state index contributed by atoms with van der Waals surface area (Å²) in [7, 11) is 5.68. The van der Waals surface area contributed by atoms with E-state index in [1.165, 1.54) is 25.7 Å². The SMILES string of the molecule is CN=C(NCC1(CCOC)CCCC1)N(C)Cc1ncc(-c2ccccc2)[nH]1. The number of aliphatic imine (C=N–C) groups is 1. The van der Waals surface area contributed by atoms with Gasteiger partial charge >= 0.3 is 0 Å². The van der Waals surface area contributed by atoms with Crippen molar-refractivity contribution in [3.8, 4) is 11.3 Å². The van der Waals surface area contributed by atoms with Crippen LogP contribution in [0.1, 0.15) is 37.9 Å². The van der Waals surface area contributed by atoms with Gasteiger partial charge in [-0.3, -0.25) is 4.99 Å². The average Bonchev–Trinajstić information content (AvgIpc) is 3.38. The summed E-state index contributed by atoms with van der Waals surface area (Å²) in [6, 6.07) is 10.3. The molecule has 1 aliphatic carbocycles. The Morgan fingerprint density at radius 2 is 2.04 bits per heavy atom. The number of benzene rings is 1. The molecule has 28 heavy (non-hydrogen) atoms. The van der Waals surface area contributed by atoms with Crippen LogP contribution < -0.4 is 5.32 Å². The van der Waals surface area contributed by atoms with Gasteiger partial charge in [0.2, 0.25) is 0 Å². The molecule has 6 nitrogen and oxygen atoms in total. The monoisotopic (exact) mass is 383 g/mol. The summed E-state index contributed by atoms with van der Waals surface area (Å²) in [5.74, 6) is 1.83. The number of nitrogens with one attached hydrogen (secondary N) is 2. The Hall–Kier alpha value is -2.34. The Labute approximate surface area is 168 Å². The van der Waals surface area contributed by atoms with Crippen LogP contribution in [0.3, 0.4) is 0 Å². The van der Waals surface area contributed by atoms with E-state index in [-0.39, 0.29) is 0 Å². The molecule has 1 aromatic heterocycles. The normalized spacial score (nSPS) is 16.3. The van der Waals surface area contributed by atoms with Crippen molar-refractivity contribution in [1.82, 2.24) is 20.2 Å². The Morgan fingerprint density at radius 1 is 1.29 bits per heavy atom. The van der Waals surface area contributed by atoms with Crippen molar-refractivity contribution in [1.29, 1.82) is 0 Å². The van der Waals surface area contributed by atoms with Crippen molar-refractivity contribution < 1.29 is 4.74 Å². The van der Waals surface area contributed by atoms with Crippen molar-refractivity contribution in [3.05, 3.63) is 42.4 Å². The van der Waals surface area contributed by atoms with Gasteiger partial charge in [0.25, 0.3) is 0 Å². The molecule has 0 bridgehead atoms.